The van der Waals surface area contributed by atoms with Gasteiger partial charge in [0, 0.05) is 10.9 Å². The fourth-order valence-corrected chi connectivity index (χ4v) is 3.99. The van der Waals surface area contributed by atoms with Gasteiger partial charge in [-0.15, -0.1) is 11.3 Å². The number of nitrogens with one attached hydrogen (secondary N) is 1. The van der Waals surface area contributed by atoms with Crippen LogP contribution in [0.1, 0.15) is 40.5 Å². The molecule has 1 aliphatic heterocycles. The Hall–Kier alpha value is -3.53. The molecule has 1 amide bonds. The molecule has 3 aromatic rings. The van der Waals surface area contributed by atoms with Crippen LogP contribution in [0.25, 0.3) is 10.2 Å². The molecule has 1 aromatic carbocycles. The summed E-state index contributed by atoms with van der Waals surface area (Å²) in [6, 6.07) is 4.67. The number of anilines is 1. The van der Waals surface area contributed by atoms with Gasteiger partial charge in [-0.2, -0.15) is 0 Å². The number of esters is 1. The first-order valence-electron chi connectivity index (χ1n) is 9.71. The maximum Gasteiger partial charge on any atom is 0.339 e. The summed E-state index contributed by atoms with van der Waals surface area (Å²) in [6.45, 7) is 1.91. The van der Waals surface area contributed by atoms with Crippen molar-refractivity contribution in [3.63, 3.8) is 0 Å². The summed E-state index contributed by atoms with van der Waals surface area (Å²) in [5.41, 5.74) is 0.375. The molecule has 3 heterocycles. The Morgan fingerprint density at radius 1 is 1.32 bits per heavy atom. The van der Waals surface area contributed by atoms with E-state index >= 15 is 0 Å². The monoisotopic (exact) mass is 441 g/mol. The van der Waals surface area contributed by atoms with Crippen molar-refractivity contribution in [3.8, 4) is 5.75 Å². The first-order chi connectivity index (χ1) is 15.0. The zero-order valence-electron chi connectivity index (χ0n) is 16.7. The van der Waals surface area contributed by atoms with Crippen molar-refractivity contribution >= 4 is 44.9 Å². The van der Waals surface area contributed by atoms with Crippen LogP contribution in [0.5, 0.6) is 5.75 Å². The number of unbranched alkanes of at least 4 members (excludes halogenated alkanes) is 1. The summed E-state index contributed by atoms with van der Waals surface area (Å²) >= 11 is 1.17. The summed E-state index contributed by atoms with van der Waals surface area (Å²) in [6.07, 6.45) is 2.90. The van der Waals surface area contributed by atoms with E-state index in [9.17, 15) is 19.2 Å². The highest BCUT2D eigenvalue weighted by Crippen LogP contribution is 2.28. The predicted octanol–water partition coefficient (Wildman–Crippen LogP) is 2.63. The van der Waals surface area contributed by atoms with E-state index in [1.165, 1.54) is 23.7 Å². The summed E-state index contributed by atoms with van der Waals surface area (Å²) < 4.78 is 11.7. The molecule has 10 heteroatoms. The number of thiophene rings is 1. The van der Waals surface area contributed by atoms with Crippen LogP contribution in [0, 0.1) is 0 Å². The molecule has 0 atom stereocenters. The van der Waals surface area contributed by atoms with E-state index in [0.29, 0.717) is 21.8 Å². The van der Waals surface area contributed by atoms with Gasteiger partial charge in [-0.05, 0) is 24.6 Å². The third kappa shape index (κ3) is 4.19. The van der Waals surface area contributed by atoms with Gasteiger partial charge < -0.3 is 14.8 Å². The Balaban J connectivity index is 1.59. The molecule has 0 aliphatic carbocycles. The van der Waals surface area contributed by atoms with Crippen LogP contribution in [0.4, 0.5) is 5.69 Å². The van der Waals surface area contributed by atoms with Crippen LogP contribution in [0.3, 0.4) is 0 Å². The molecule has 9 nitrogen and oxygen atoms in total. The maximum atomic E-state index is 13.0. The van der Waals surface area contributed by atoms with Gasteiger partial charge in [0.25, 0.3) is 11.5 Å². The average molecular weight is 441 g/mol. The standard InChI is InChI=1S/C21H19N3O6S/c1-2-3-6-29-21(28)13-10-31-19-18(13)20(27)24(11-22-19)8-15(25)12-4-5-16-14(7-12)23-17(26)9-30-16/h4-5,7,10-11H,2-3,6,8-9H2,1H3,(H,23,26). The second kappa shape index (κ2) is 8.68. The minimum absolute atomic E-state index is 0.0782. The van der Waals surface area contributed by atoms with Crippen LogP contribution in [-0.4, -0.2) is 40.4 Å². The molecule has 0 radical (unpaired) electrons. The lowest BCUT2D eigenvalue weighted by Crippen LogP contribution is -2.27. The molecule has 0 spiro atoms. The van der Waals surface area contributed by atoms with E-state index in [2.05, 4.69) is 10.3 Å². The number of hydrogen-bond donors (Lipinski definition) is 1. The van der Waals surface area contributed by atoms with E-state index in [1.54, 1.807) is 17.5 Å². The summed E-state index contributed by atoms with van der Waals surface area (Å²) in [5.74, 6) is -0.763. The zero-order valence-corrected chi connectivity index (χ0v) is 17.5. The Bertz CT molecular complexity index is 1250. The molecular weight excluding hydrogens is 422 g/mol. The smallest absolute Gasteiger partial charge is 0.339 e. The highest BCUT2D eigenvalue weighted by molar-refractivity contribution is 7.17. The van der Waals surface area contributed by atoms with Crippen molar-refractivity contribution in [2.24, 2.45) is 0 Å². The van der Waals surface area contributed by atoms with E-state index < -0.39 is 11.5 Å². The van der Waals surface area contributed by atoms with Gasteiger partial charge >= 0.3 is 5.97 Å². The number of rotatable bonds is 7. The molecule has 0 unspecified atom stereocenters. The Morgan fingerprint density at radius 3 is 2.97 bits per heavy atom. The number of ketones is 1. The number of fused-ring (bicyclic) bond motifs is 2. The molecule has 1 N–H and O–H groups in total. The van der Waals surface area contributed by atoms with Crippen LogP contribution < -0.4 is 15.6 Å². The molecule has 31 heavy (non-hydrogen) atoms. The summed E-state index contributed by atoms with van der Waals surface area (Å²) in [7, 11) is 0. The lowest BCUT2D eigenvalue weighted by molar-refractivity contribution is -0.118. The largest absolute Gasteiger partial charge is 0.482 e. The molecule has 0 saturated heterocycles. The fourth-order valence-electron chi connectivity index (χ4n) is 3.12. The number of carbonyl (C=O) groups excluding carboxylic acids is 3. The van der Waals surface area contributed by atoms with Crippen molar-refractivity contribution in [2.45, 2.75) is 26.3 Å². The molecule has 1 aliphatic rings. The molecule has 4 rings (SSSR count). The number of hydrogen-bond acceptors (Lipinski definition) is 8. The molecule has 0 fully saturated rings. The number of ether oxygens (including phenoxy) is 2. The number of nitrogens with zero attached hydrogens (tertiary/aromatic N) is 2. The van der Waals surface area contributed by atoms with Gasteiger partial charge in [0.1, 0.15) is 10.6 Å². The van der Waals surface area contributed by atoms with Gasteiger partial charge in [0.15, 0.2) is 12.4 Å². The quantitative estimate of drug-likeness (QED) is 0.340. The number of benzene rings is 1. The molecular formula is C21H19N3O6S. The number of aromatic nitrogens is 2. The molecule has 0 saturated carbocycles. The van der Waals surface area contributed by atoms with E-state index in [1.807, 2.05) is 6.92 Å². The highest BCUT2D eigenvalue weighted by atomic mass is 32.1. The van der Waals surface area contributed by atoms with Crippen molar-refractivity contribution in [3.05, 3.63) is 51.4 Å². The third-order valence-corrected chi connectivity index (χ3v) is 5.65. The van der Waals surface area contributed by atoms with Crippen molar-refractivity contribution in [2.75, 3.05) is 18.5 Å². The Labute approximate surface area is 180 Å². The van der Waals surface area contributed by atoms with Gasteiger partial charge in [0.05, 0.1) is 36.1 Å². The second-order valence-corrected chi connectivity index (χ2v) is 7.83. The number of Topliss-reactive ketones (excluding diaryl/α,β-unsaturated/α-hetero) is 1. The van der Waals surface area contributed by atoms with Crippen molar-refractivity contribution in [1.82, 2.24) is 9.55 Å². The summed E-state index contributed by atoms with van der Waals surface area (Å²) in [5, 5.41) is 4.34. The first kappa shape index (κ1) is 20.7. The topological polar surface area (TPSA) is 117 Å². The predicted molar refractivity (Wildman–Crippen MR) is 114 cm³/mol. The van der Waals surface area contributed by atoms with Gasteiger partial charge in [-0.25, -0.2) is 9.78 Å². The van der Waals surface area contributed by atoms with Gasteiger partial charge in [-0.1, -0.05) is 13.3 Å². The van der Waals surface area contributed by atoms with Crippen LogP contribution >= 0.6 is 11.3 Å². The van der Waals surface area contributed by atoms with Gasteiger partial charge in [-0.3, -0.25) is 19.0 Å². The minimum Gasteiger partial charge on any atom is -0.482 e. The van der Waals surface area contributed by atoms with Crippen LogP contribution in [0.2, 0.25) is 0 Å². The third-order valence-electron chi connectivity index (χ3n) is 4.76. The summed E-state index contributed by atoms with van der Waals surface area (Å²) in [4.78, 5) is 54.2. The number of carbonyl (C=O) groups is 3. The SMILES string of the molecule is CCCCOC(=O)c1csc2ncn(CC(=O)c3ccc4c(c3)NC(=O)CO4)c(=O)c12. The van der Waals surface area contributed by atoms with E-state index in [4.69, 9.17) is 9.47 Å². The van der Waals surface area contributed by atoms with Crippen LogP contribution in [-0.2, 0) is 16.1 Å². The van der Waals surface area contributed by atoms with Crippen LogP contribution in [0.15, 0.2) is 34.7 Å². The minimum atomic E-state index is -0.576. The van der Waals surface area contributed by atoms with Gasteiger partial charge in [0.2, 0.25) is 0 Å². The van der Waals surface area contributed by atoms with E-state index in [-0.39, 0.29) is 42.4 Å². The second-order valence-electron chi connectivity index (χ2n) is 6.97. The normalized spacial score (nSPS) is 12.7. The Kier molecular flexibility index (Phi) is 5.81. The lowest BCUT2D eigenvalue weighted by Gasteiger charge is -2.18. The maximum absolute atomic E-state index is 13.0. The average Bonchev–Trinajstić information content (AvgIpc) is 3.20. The first-order valence-corrected chi connectivity index (χ1v) is 10.6. The lowest BCUT2D eigenvalue weighted by atomic mass is 10.1. The number of amides is 1. The van der Waals surface area contributed by atoms with E-state index in [0.717, 1.165) is 17.4 Å². The zero-order chi connectivity index (χ0) is 22.0. The fraction of sp³-hybridized carbons (Fsp3) is 0.286. The Morgan fingerprint density at radius 2 is 2.16 bits per heavy atom. The van der Waals surface area contributed by atoms with Crippen molar-refractivity contribution in [1.29, 1.82) is 0 Å². The molecule has 160 valence electrons. The van der Waals surface area contributed by atoms with Crippen molar-refractivity contribution < 1.29 is 23.9 Å². The molecule has 2 aromatic heterocycles. The highest BCUT2D eigenvalue weighted by Gasteiger charge is 2.21. The molecule has 0 bridgehead atoms.